The summed E-state index contributed by atoms with van der Waals surface area (Å²) >= 11 is 0. The van der Waals surface area contributed by atoms with Gasteiger partial charge in [0, 0.05) is 0 Å². The second-order valence-corrected chi connectivity index (χ2v) is 9.26. The van der Waals surface area contributed by atoms with Crippen LogP contribution in [0.5, 0.6) is 0 Å². The van der Waals surface area contributed by atoms with Gasteiger partial charge in [-0.25, -0.2) is 4.79 Å². The minimum atomic E-state index is -0.522. The lowest BCUT2D eigenvalue weighted by Gasteiger charge is -2.23. The molecule has 0 aliphatic heterocycles. The highest BCUT2D eigenvalue weighted by Crippen LogP contribution is 2.26. The average Bonchev–Trinajstić information content (AvgIpc) is 2.23. The molecular weight excluding hydrogens is 276 g/mol. The molecule has 2 unspecified atom stereocenters. The van der Waals surface area contributed by atoms with Crippen molar-refractivity contribution in [3.63, 3.8) is 0 Å². The van der Waals surface area contributed by atoms with E-state index in [-0.39, 0.29) is 0 Å². The van der Waals surface area contributed by atoms with E-state index >= 15 is 0 Å². The lowest BCUT2D eigenvalue weighted by atomic mass is 9.84. The van der Waals surface area contributed by atoms with Crippen LogP contribution in [0.2, 0.25) is 0 Å². The number of carbonyl (C=O) groups is 1. The van der Waals surface area contributed by atoms with Gasteiger partial charge in [0.25, 0.3) is 0 Å². The van der Waals surface area contributed by atoms with Crippen LogP contribution >= 0.6 is 0 Å². The standard InChI is InChI=1S/C19H38O3/c1-15(13-18(3,4)5)9-11-21-17(20)22-12-10-16(2)14-19(6,7)8/h15-16H,9-14H2,1-8H3. The Labute approximate surface area is 138 Å². The van der Waals surface area contributed by atoms with Crippen molar-refractivity contribution in [3.8, 4) is 0 Å². The minimum absolute atomic E-state index is 0.323. The van der Waals surface area contributed by atoms with Crippen LogP contribution in [-0.2, 0) is 9.47 Å². The summed E-state index contributed by atoms with van der Waals surface area (Å²) in [5.41, 5.74) is 0.645. The topological polar surface area (TPSA) is 35.5 Å². The normalized spacial score (nSPS) is 15.3. The van der Waals surface area contributed by atoms with Crippen molar-refractivity contribution in [2.75, 3.05) is 13.2 Å². The molecule has 0 aromatic heterocycles. The van der Waals surface area contributed by atoms with Crippen molar-refractivity contribution >= 4 is 6.16 Å². The number of hydrogen-bond acceptors (Lipinski definition) is 3. The van der Waals surface area contributed by atoms with Crippen molar-refractivity contribution in [1.82, 2.24) is 0 Å². The predicted octanol–water partition coefficient (Wildman–Crippen LogP) is 6.06. The van der Waals surface area contributed by atoms with Crippen molar-refractivity contribution in [2.24, 2.45) is 22.7 Å². The van der Waals surface area contributed by atoms with Crippen molar-refractivity contribution in [1.29, 1.82) is 0 Å². The van der Waals surface area contributed by atoms with E-state index in [1.54, 1.807) is 0 Å². The third kappa shape index (κ3) is 14.2. The van der Waals surface area contributed by atoms with E-state index in [4.69, 9.17) is 9.47 Å². The van der Waals surface area contributed by atoms with Gasteiger partial charge in [-0.1, -0.05) is 55.4 Å². The first-order valence-corrected chi connectivity index (χ1v) is 8.68. The maximum Gasteiger partial charge on any atom is 0.508 e. The molecule has 0 saturated heterocycles. The van der Waals surface area contributed by atoms with E-state index in [0.29, 0.717) is 35.9 Å². The Bertz CT molecular complexity index is 280. The lowest BCUT2D eigenvalue weighted by Crippen LogP contribution is -2.16. The molecule has 3 heteroatoms. The number of carbonyl (C=O) groups excluding carboxylic acids is 1. The molecule has 0 rings (SSSR count). The number of rotatable bonds is 8. The van der Waals surface area contributed by atoms with Crippen LogP contribution in [0.3, 0.4) is 0 Å². The smallest absolute Gasteiger partial charge is 0.434 e. The molecule has 0 amide bonds. The third-order valence-corrected chi connectivity index (χ3v) is 3.58. The first kappa shape index (κ1) is 21.3. The molecule has 22 heavy (non-hydrogen) atoms. The van der Waals surface area contributed by atoms with E-state index in [2.05, 4.69) is 55.4 Å². The Hall–Kier alpha value is -0.730. The SMILES string of the molecule is CC(CCOC(=O)OCCC(C)CC(C)(C)C)CC(C)(C)C. The first-order chi connectivity index (χ1) is 9.89. The van der Waals surface area contributed by atoms with E-state index in [0.717, 1.165) is 25.7 Å². The molecule has 0 aliphatic carbocycles. The van der Waals surface area contributed by atoms with Crippen LogP contribution in [0, 0.1) is 22.7 Å². The first-order valence-electron chi connectivity index (χ1n) is 8.68. The van der Waals surface area contributed by atoms with Crippen LogP contribution in [0.1, 0.15) is 81.1 Å². The molecule has 132 valence electrons. The van der Waals surface area contributed by atoms with Gasteiger partial charge in [-0.15, -0.1) is 0 Å². The maximum atomic E-state index is 11.5. The third-order valence-electron chi connectivity index (χ3n) is 3.58. The summed E-state index contributed by atoms with van der Waals surface area (Å²) in [6, 6.07) is 0. The maximum absolute atomic E-state index is 11.5. The predicted molar refractivity (Wildman–Crippen MR) is 93.0 cm³/mol. The Kier molecular flexibility index (Phi) is 9.11. The summed E-state index contributed by atoms with van der Waals surface area (Å²) in [5, 5.41) is 0. The summed E-state index contributed by atoms with van der Waals surface area (Å²) in [6.07, 6.45) is 3.54. The van der Waals surface area contributed by atoms with Crippen LogP contribution in [0.4, 0.5) is 4.79 Å². The van der Waals surface area contributed by atoms with Gasteiger partial charge >= 0.3 is 6.16 Å². The fourth-order valence-electron chi connectivity index (χ4n) is 3.02. The van der Waals surface area contributed by atoms with Gasteiger partial charge in [0.1, 0.15) is 0 Å². The average molecular weight is 315 g/mol. The molecule has 0 spiro atoms. The Morgan fingerprint density at radius 2 is 1.09 bits per heavy atom. The molecule has 3 nitrogen and oxygen atoms in total. The van der Waals surface area contributed by atoms with Gasteiger partial charge in [-0.2, -0.15) is 0 Å². The van der Waals surface area contributed by atoms with Crippen LogP contribution in [-0.4, -0.2) is 19.4 Å². The summed E-state index contributed by atoms with van der Waals surface area (Å²) in [5.74, 6) is 1.11. The van der Waals surface area contributed by atoms with Gasteiger partial charge in [-0.05, 0) is 48.3 Å². The quantitative estimate of drug-likeness (QED) is 0.510. The molecule has 2 atom stereocenters. The number of hydrogen-bond donors (Lipinski definition) is 0. The molecule has 0 radical (unpaired) electrons. The van der Waals surface area contributed by atoms with Crippen molar-refractivity contribution in [3.05, 3.63) is 0 Å². The zero-order valence-electron chi connectivity index (χ0n) is 16.1. The zero-order valence-corrected chi connectivity index (χ0v) is 16.1. The summed E-state index contributed by atoms with van der Waals surface area (Å²) in [4.78, 5) is 11.5. The van der Waals surface area contributed by atoms with E-state index in [1.165, 1.54) is 0 Å². The fourth-order valence-corrected chi connectivity index (χ4v) is 3.02. The van der Waals surface area contributed by atoms with Crippen LogP contribution in [0.25, 0.3) is 0 Å². The molecule has 0 N–H and O–H groups in total. The lowest BCUT2D eigenvalue weighted by molar-refractivity contribution is 0.0465. The Morgan fingerprint density at radius 1 is 0.773 bits per heavy atom. The Morgan fingerprint density at radius 3 is 1.36 bits per heavy atom. The largest absolute Gasteiger partial charge is 0.508 e. The number of ether oxygens (including phenoxy) is 2. The monoisotopic (exact) mass is 314 g/mol. The molecule has 0 bridgehead atoms. The molecule has 0 aliphatic rings. The molecule has 0 heterocycles. The van der Waals surface area contributed by atoms with Crippen LogP contribution < -0.4 is 0 Å². The molecule has 0 aromatic rings. The summed E-state index contributed by atoms with van der Waals surface area (Å²) in [7, 11) is 0. The zero-order chi connectivity index (χ0) is 17.4. The molecule has 0 fully saturated rings. The summed E-state index contributed by atoms with van der Waals surface area (Å²) in [6.45, 7) is 18.7. The Balaban J connectivity index is 3.71. The van der Waals surface area contributed by atoms with Gasteiger partial charge in [0.2, 0.25) is 0 Å². The van der Waals surface area contributed by atoms with Gasteiger partial charge in [0.05, 0.1) is 13.2 Å². The van der Waals surface area contributed by atoms with Gasteiger partial charge in [-0.3, -0.25) is 0 Å². The van der Waals surface area contributed by atoms with Crippen molar-refractivity contribution in [2.45, 2.75) is 81.1 Å². The fraction of sp³-hybridized carbons (Fsp3) is 0.947. The highest BCUT2D eigenvalue weighted by Gasteiger charge is 2.17. The second kappa shape index (κ2) is 9.42. The molecular formula is C19H38O3. The van der Waals surface area contributed by atoms with Gasteiger partial charge < -0.3 is 9.47 Å². The van der Waals surface area contributed by atoms with Gasteiger partial charge in [0.15, 0.2) is 0 Å². The van der Waals surface area contributed by atoms with E-state index in [9.17, 15) is 4.79 Å². The summed E-state index contributed by atoms with van der Waals surface area (Å²) < 4.78 is 10.3. The highest BCUT2D eigenvalue weighted by molar-refractivity contribution is 5.59. The minimum Gasteiger partial charge on any atom is -0.434 e. The molecule has 0 aromatic carbocycles. The van der Waals surface area contributed by atoms with E-state index in [1.807, 2.05) is 0 Å². The van der Waals surface area contributed by atoms with E-state index < -0.39 is 6.16 Å². The second-order valence-electron chi connectivity index (χ2n) is 9.26. The molecule has 0 saturated carbocycles. The highest BCUT2D eigenvalue weighted by atomic mass is 16.7. The van der Waals surface area contributed by atoms with Crippen LogP contribution in [0.15, 0.2) is 0 Å². The van der Waals surface area contributed by atoms with Crippen molar-refractivity contribution < 1.29 is 14.3 Å².